The van der Waals surface area contributed by atoms with Crippen molar-refractivity contribution in [1.82, 2.24) is 14.5 Å². The number of hydrogen-bond donors (Lipinski definition) is 1. The molecule has 0 spiro atoms. The average molecular weight is 273 g/mol. The van der Waals surface area contributed by atoms with Gasteiger partial charge in [-0.15, -0.1) is 0 Å². The van der Waals surface area contributed by atoms with Crippen molar-refractivity contribution in [3.8, 4) is 0 Å². The Morgan fingerprint density at radius 2 is 2.25 bits per heavy atom. The zero-order chi connectivity index (χ0) is 14.1. The number of aliphatic carboxylic acids is 1. The number of hydrogen-bond acceptors (Lipinski definition) is 3. The summed E-state index contributed by atoms with van der Waals surface area (Å²) in [4.78, 5) is 25.1. The third kappa shape index (κ3) is 2.13. The molecule has 6 nitrogen and oxygen atoms in total. The molecule has 2 aromatic heterocycles. The van der Waals surface area contributed by atoms with Crippen LogP contribution in [-0.2, 0) is 4.79 Å². The van der Waals surface area contributed by atoms with E-state index in [-0.39, 0.29) is 18.4 Å². The number of carboxylic acids is 1. The summed E-state index contributed by atoms with van der Waals surface area (Å²) in [7, 11) is 0. The predicted molar refractivity (Wildman–Crippen MR) is 71.5 cm³/mol. The Kier molecular flexibility index (Phi) is 3.14. The van der Waals surface area contributed by atoms with Gasteiger partial charge in [-0.2, -0.15) is 5.10 Å². The van der Waals surface area contributed by atoms with Crippen LogP contribution in [0.5, 0.6) is 0 Å². The number of amides is 1. The molecule has 1 atom stereocenters. The highest BCUT2D eigenvalue weighted by Gasteiger charge is 2.32. The lowest BCUT2D eigenvalue weighted by atomic mass is 10.1. The topological polar surface area (TPSA) is 74.9 Å². The average Bonchev–Trinajstić information content (AvgIpc) is 3.03. The van der Waals surface area contributed by atoms with Gasteiger partial charge in [0.15, 0.2) is 0 Å². The highest BCUT2D eigenvalue weighted by Crippen LogP contribution is 2.24. The van der Waals surface area contributed by atoms with Crippen LogP contribution < -0.4 is 0 Å². The van der Waals surface area contributed by atoms with Gasteiger partial charge in [0.2, 0.25) is 0 Å². The van der Waals surface area contributed by atoms with E-state index in [0.29, 0.717) is 12.1 Å². The number of rotatable bonds is 3. The second-order valence-electron chi connectivity index (χ2n) is 4.98. The molecule has 0 aliphatic carbocycles. The van der Waals surface area contributed by atoms with E-state index in [2.05, 4.69) is 5.10 Å². The van der Waals surface area contributed by atoms with Crippen LogP contribution >= 0.6 is 0 Å². The standard InChI is InChI=1S/C14H15N3O3/c18-13(19)8-10-4-3-6-16(10)14(20)11-9-15-17-7-2-1-5-12(11)17/h1-2,5,7,9-10H,3-4,6,8H2,(H,18,19). The van der Waals surface area contributed by atoms with Crippen molar-refractivity contribution in [2.24, 2.45) is 0 Å². The van der Waals surface area contributed by atoms with Gasteiger partial charge >= 0.3 is 5.97 Å². The molecule has 3 rings (SSSR count). The minimum Gasteiger partial charge on any atom is -0.481 e. The van der Waals surface area contributed by atoms with E-state index in [1.165, 1.54) is 0 Å². The normalized spacial score (nSPS) is 18.6. The lowest BCUT2D eigenvalue weighted by Gasteiger charge is -2.23. The molecule has 6 heteroatoms. The van der Waals surface area contributed by atoms with E-state index in [9.17, 15) is 9.59 Å². The number of fused-ring (bicyclic) bond motifs is 1. The van der Waals surface area contributed by atoms with Crippen LogP contribution in [0.2, 0.25) is 0 Å². The fourth-order valence-electron chi connectivity index (χ4n) is 2.77. The monoisotopic (exact) mass is 273 g/mol. The molecule has 1 saturated heterocycles. The number of carboxylic acid groups (broad SMARTS) is 1. The Labute approximate surface area is 115 Å². The molecule has 20 heavy (non-hydrogen) atoms. The molecular weight excluding hydrogens is 258 g/mol. The number of pyridine rings is 1. The fourth-order valence-corrected chi connectivity index (χ4v) is 2.77. The predicted octanol–water partition coefficient (Wildman–Crippen LogP) is 1.41. The van der Waals surface area contributed by atoms with Crippen LogP contribution in [0.4, 0.5) is 0 Å². The number of carbonyl (C=O) groups excluding carboxylic acids is 1. The first-order chi connectivity index (χ1) is 9.66. The molecule has 1 aliphatic heterocycles. The molecule has 104 valence electrons. The Morgan fingerprint density at radius 3 is 3.05 bits per heavy atom. The first kappa shape index (κ1) is 12.7. The van der Waals surface area contributed by atoms with Crippen molar-refractivity contribution >= 4 is 17.4 Å². The van der Waals surface area contributed by atoms with Crippen molar-refractivity contribution < 1.29 is 14.7 Å². The Morgan fingerprint density at radius 1 is 1.40 bits per heavy atom. The van der Waals surface area contributed by atoms with E-state index in [1.807, 2.05) is 18.2 Å². The summed E-state index contributed by atoms with van der Waals surface area (Å²) in [5.41, 5.74) is 1.28. The molecule has 3 heterocycles. The summed E-state index contributed by atoms with van der Waals surface area (Å²) >= 11 is 0. The van der Waals surface area contributed by atoms with Gasteiger partial charge in [-0.25, -0.2) is 4.52 Å². The van der Waals surface area contributed by atoms with Crippen LogP contribution in [0, 0.1) is 0 Å². The quantitative estimate of drug-likeness (QED) is 0.917. The summed E-state index contributed by atoms with van der Waals surface area (Å²) < 4.78 is 1.65. The summed E-state index contributed by atoms with van der Waals surface area (Å²) in [5.74, 6) is -0.996. The van der Waals surface area contributed by atoms with Crippen LogP contribution in [-0.4, -0.2) is 44.1 Å². The first-order valence-electron chi connectivity index (χ1n) is 6.62. The van der Waals surface area contributed by atoms with Crippen molar-refractivity contribution in [3.05, 3.63) is 36.2 Å². The lowest BCUT2D eigenvalue weighted by molar-refractivity contribution is -0.137. The van der Waals surface area contributed by atoms with Gasteiger partial charge in [-0.05, 0) is 25.0 Å². The van der Waals surface area contributed by atoms with Crippen molar-refractivity contribution in [1.29, 1.82) is 0 Å². The van der Waals surface area contributed by atoms with Crippen LogP contribution in [0.3, 0.4) is 0 Å². The first-order valence-corrected chi connectivity index (χ1v) is 6.62. The SMILES string of the molecule is O=C(O)CC1CCCN1C(=O)c1cnn2ccccc12. The van der Waals surface area contributed by atoms with Crippen LogP contribution in [0.25, 0.3) is 5.52 Å². The molecule has 1 unspecified atom stereocenters. The van der Waals surface area contributed by atoms with E-state index in [4.69, 9.17) is 5.11 Å². The zero-order valence-electron chi connectivity index (χ0n) is 10.9. The molecule has 0 saturated carbocycles. The van der Waals surface area contributed by atoms with Crippen molar-refractivity contribution in [3.63, 3.8) is 0 Å². The smallest absolute Gasteiger partial charge is 0.305 e. The Balaban J connectivity index is 1.90. The summed E-state index contributed by atoms with van der Waals surface area (Å²) in [6.45, 7) is 0.612. The highest BCUT2D eigenvalue weighted by molar-refractivity contribution is 6.01. The molecule has 1 amide bonds. The molecule has 0 bridgehead atoms. The number of aromatic nitrogens is 2. The van der Waals surface area contributed by atoms with E-state index in [0.717, 1.165) is 18.4 Å². The third-order valence-corrected chi connectivity index (χ3v) is 3.71. The summed E-state index contributed by atoms with van der Waals surface area (Å²) in [6.07, 6.45) is 4.93. The molecule has 1 aliphatic rings. The van der Waals surface area contributed by atoms with Gasteiger partial charge in [0.25, 0.3) is 5.91 Å². The van der Waals surface area contributed by atoms with Crippen LogP contribution in [0.15, 0.2) is 30.6 Å². The molecule has 1 N–H and O–H groups in total. The van der Waals surface area contributed by atoms with Gasteiger partial charge in [0, 0.05) is 18.8 Å². The Bertz CT molecular complexity index is 664. The van der Waals surface area contributed by atoms with Crippen LogP contribution in [0.1, 0.15) is 29.6 Å². The van der Waals surface area contributed by atoms with Gasteiger partial charge < -0.3 is 10.0 Å². The number of nitrogens with zero attached hydrogens (tertiary/aromatic N) is 3. The second-order valence-corrected chi connectivity index (χ2v) is 4.98. The van der Waals surface area contributed by atoms with Crippen molar-refractivity contribution in [2.75, 3.05) is 6.54 Å². The lowest BCUT2D eigenvalue weighted by Crippen LogP contribution is -2.36. The van der Waals surface area contributed by atoms with Gasteiger partial charge in [-0.3, -0.25) is 9.59 Å². The molecular formula is C14H15N3O3. The zero-order valence-corrected chi connectivity index (χ0v) is 10.9. The minimum atomic E-state index is -0.866. The molecule has 2 aromatic rings. The minimum absolute atomic E-state index is 0.00491. The van der Waals surface area contributed by atoms with E-state index in [1.54, 1.807) is 21.8 Å². The molecule has 0 radical (unpaired) electrons. The van der Waals surface area contributed by atoms with Crippen molar-refractivity contribution in [2.45, 2.75) is 25.3 Å². The molecule has 1 fully saturated rings. The number of likely N-dealkylation sites (tertiary alicyclic amines) is 1. The maximum Gasteiger partial charge on any atom is 0.305 e. The highest BCUT2D eigenvalue weighted by atomic mass is 16.4. The fraction of sp³-hybridized carbons (Fsp3) is 0.357. The summed E-state index contributed by atoms with van der Waals surface area (Å²) in [5, 5.41) is 13.1. The van der Waals surface area contributed by atoms with E-state index >= 15 is 0 Å². The summed E-state index contributed by atoms with van der Waals surface area (Å²) in [6, 6.07) is 5.32. The molecule has 0 aromatic carbocycles. The van der Waals surface area contributed by atoms with Gasteiger partial charge in [-0.1, -0.05) is 6.07 Å². The second kappa shape index (κ2) is 4.96. The Hall–Kier alpha value is -2.37. The largest absolute Gasteiger partial charge is 0.481 e. The maximum absolute atomic E-state index is 12.6. The van der Waals surface area contributed by atoms with Gasteiger partial charge in [0.05, 0.1) is 23.7 Å². The van der Waals surface area contributed by atoms with Gasteiger partial charge in [0.1, 0.15) is 0 Å². The maximum atomic E-state index is 12.6. The third-order valence-electron chi connectivity index (χ3n) is 3.71. The number of carbonyl (C=O) groups is 2. The van der Waals surface area contributed by atoms with E-state index < -0.39 is 5.97 Å².